The van der Waals surface area contributed by atoms with Gasteiger partial charge in [0.25, 0.3) is 0 Å². The molecule has 1 unspecified atom stereocenters. The molecule has 0 aliphatic carbocycles. The standard InChI is InChI=1S/C15H21N3O/c1-3-17-8-4-5-12(10-17)18-14-7-6-11(2)9-13(14)16-15(18)19/h6-7,9,12H,3-5,8,10H2,1-2H3,(H,16,19). The monoisotopic (exact) mass is 259 g/mol. The number of H-pyrrole nitrogens is 1. The molecule has 0 radical (unpaired) electrons. The Morgan fingerprint density at radius 3 is 3.05 bits per heavy atom. The molecule has 1 aromatic carbocycles. The van der Waals surface area contributed by atoms with Gasteiger partial charge in [0, 0.05) is 6.54 Å². The molecular weight excluding hydrogens is 238 g/mol. The predicted octanol–water partition coefficient (Wildman–Crippen LogP) is 2.29. The predicted molar refractivity (Wildman–Crippen MR) is 77.7 cm³/mol. The minimum atomic E-state index is 0.0311. The van der Waals surface area contributed by atoms with E-state index in [9.17, 15) is 4.79 Å². The summed E-state index contributed by atoms with van der Waals surface area (Å²) in [5, 5.41) is 0. The molecule has 0 amide bonds. The molecule has 1 aliphatic heterocycles. The van der Waals surface area contributed by atoms with Gasteiger partial charge in [0.2, 0.25) is 0 Å². The third kappa shape index (κ3) is 2.21. The highest BCUT2D eigenvalue weighted by atomic mass is 16.1. The van der Waals surface area contributed by atoms with Crippen molar-refractivity contribution in [1.29, 1.82) is 0 Å². The van der Waals surface area contributed by atoms with Gasteiger partial charge >= 0.3 is 5.69 Å². The van der Waals surface area contributed by atoms with Gasteiger partial charge in [-0.1, -0.05) is 13.0 Å². The molecule has 0 bridgehead atoms. The van der Waals surface area contributed by atoms with E-state index in [-0.39, 0.29) is 5.69 Å². The second-order valence-electron chi connectivity index (χ2n) is 5.51. The lowest BCUT2D eigenvalue weighted by Crippen LogP contribution is -2.38. The minimum absolute atomic E-state index is 0.0311. The third-order valence-corrected chi connectivity index (χ3v) is 4.16. The first kappa shape index (κ1) is 12.5. The van der Waals surface area contributed by atoms with Crippen LogP contribution in [0.4, 0.5) is 0 Å². The number of aromatic nitrogens is 2. The van der Waals surface area contributed by atoms with E-state index >= 15 is 0 Å². The largest absolute Gasteiger partial charge is 0.326 e. The van der Waals surface area contributed by atoms with Crippen molar-refractivity contribution in [3.63, 3.8) is 0 Å². The van der Waals surface area contributed by atoms with Gasteiger partial charge in [-0.15, -0.1) is 0 Å². The summed E-state index contributed by atoms with van der Waals surface area (Å²) in [5.74, 6) is 0. The van der Waals surface area contributed by atoms with Crippen molar-refractivity contribution >= 4 is 11.0 Å². The van der Waals surface area contributed by atoms with Crippen molar-refractivity contribution in [2.45, 2.75) is 32.7 Å². The minimum Gasteiger partial charge on any atom is -0.306 e. The van der Waals surface area contributed by atoms with E-state index in [4.69, 9.17) is 0 Å². The van der Waals surface area contributed by atoms with E-state index in [1.54, 1.807) is 0 Å². The number of fused-ring (bicyclic) bond motifs is 1. The van der Waals surface area contributed by atoms with Crippen molar-refractivity contribution in [2.75, 3.05) is 19.6 Å². The fourth-order valence-corrected chi connectivity index (χ4v) is 3.14. The topological polar surface area (TPSA) is 41.0 Å². The van der Waals surface area contributed by atoms with E-state index < -0.39 is 0 Å². The average Bonchev–Trinajstić information content (AvgIpc) is 2.73. The molecule has 2 aromatic rings. The summed E-state index contributed by atoms with van der Waals surface area (Å²) < 4.78 is 1.95. The molecule has 1 fully saturated rings. The molecule has 1 aliphatic rings. The number of nitrogens with one attached hydrogen (secondary N) is 1. The maximum absolute atomic E-state index is 12.2. The van der Waals surface area contributed by atoms with Gasteiger partial charge in [-0.05, 0) is 50.6 Å². The summed E-state index contributed by atoms with van der Waals surface area (Å²) in [6.45, 7) is 7.44. The maximum Gasteiger partial charge on any atom is 0.326 e. The number of rotatable bonds is 2. The second kappa shape index (κ2) is 4.85. The number of likely N-dealkylation sites (tertiary alicyclic amines) is 1. The Bertz CT molecular complexity index is 640. The fraction of sp³-hybridized carbons (Fsp3) is 0.533. The zero-order valence-electron chi connectivity index (χ0n) is 11.6. The molecule has 102 valence electrons. The Balaban J connectivity index is 2.04. The van der Waals surface area contributed by atoms with E-state index in [1.807, 2.05) is 10.6 Å². The zero-order chi connectivity index (χ0) is 13.4. The zero-order valence-corrected chi connectivity index (χ0v) is 11.6. The Kier molecular flexibility index (Phi) is 3.19. The van der Waals surface area contributed by atoms with Gasteiger partial charge in [0.15, 0.2) is 0 Å². The molecule has 19 heavy (non-hydrogen) atoms. The van der Waals surface area contributed by atoms with Crippen LogP contribution in [0.25, 0.3) is 11.0 Å². The number of piperidine rings is 1. The first-order valence-corrected chi connectivity index (χ1v) is 7.12. The lowest BCUT2D eigenvalue weighted by Gasteiger charge is -2.32. The first-order chi connectivity index (χ1) is 9.19. The molecule has 0 spiro atoms. The van der Waals surface area contributed by atoms with Crippen molar-refractivity contribution in [3.8, 4) is 0 Å². The van der Waals surface area contributed by atoms with Gasteiger partial charge in [0.05, 0.1) is 17.1 Å². The first-order valence-electron chi connectivity index (χ1n) is 7.12. The molecule has 4 nitrogen and oxygen atoms in total. The van der Waals surface area contributed by atoms with Gasteiger partial charge in [-0.2, -0.15) is 0 Å². The molecule has 1 N–H and O–H groups in total. The molecule has 4 heteroatoms. The number of hydrogen-bond acceptors (Lipinski definition) is 2. The van der Waals surface area contributed by atoms with E-state index in [0.717, 1.165) is 37.1 Å². The Hall–Kier alpha value is -1.55. The van der Waals surface area contributed by atoms with Gasteiger partial charge in [-0.25, -0.2) is 4.79 Å². The number of aryl methyl sites for hydroxylation is 1. The molecule has 1 saturated heterocycles. The highest BCUT2D eigenvalue weighted by Gasteiger charge is 2.23. The second-order valence-corrected chi connectivity index (χ2v) is 5.51. The smallest absolute Gasteiger partial charge is 0.306 e. The van der Waals surface area contributed by atoms with Crippen molar-refractivity contribution < 1.29 is 0 Å². The van der Waals surface area contributed by atoms with Crippen molar-refractivity contribution in [1.82, 2.24) is 14.5 Å². The maximum atomic E-state index is 12.2. The summed E-state index contributed by atoms with van der Waals surface area (Å²) in [6.07, 6.45) is 2.26. The highest BCUT2D eigenvalue weighted by Crippen LogP contribution is 2.24. The van der Waals surface area contributed by atoms with E-state index in [2.05, 4.69) is 35.9 Å². The van der Waals surface area contributed by atoms with Gasteiger partial charge < -0.3 is 9.88 Å². The Morgan fingerprint density at radius 1 is 1.42 bits per heavy atom. The summed E-state index contributed by atoms with van der Waals surface area (Å²) in [4.78, 5) is 17.6. The van der Waals surface area contributed by atoms with Crippen molar-refractivity contribution in [2.24, 2.45) is 0 Å². The Labute approximate surface area is 113 Å². The summed E-state index contributed by atoms with van der Waals surface area (Å²) in [6, 6.07) is 6.49. The van der Waals surface area contributed by atoms with Crippen LogP contribution in [0.1, 0.15) is 31.4 Å². The fourth-order valence-electron chi connectivity index (χ4n) is 3.14. The number of aromatic amines is 1. The molecule has 1 atom stereocenters. The van der Waals surface area contributed by atoms with Crippen LogP contribution >= 0.6 is 0 Å². The third-order valence-electron chi connectivity index (χ3n) is 4.16. The summed E-state index contributed by atoms with van der Waals surface area (Å²) >= 11 is 0. The van der Waals surface area contributed by atoms with E-state index in [0.29, 0.717) is 6.04 Å². The highest BCUT2D eigenvalue weighted by molar-refractivity contribution is 5.76. The molecule has 3 rings (SSSR count). The van der Waals surface area contributed by atoms with Crippen LogP contribution in [0, 0.1) is 6.92 Å². The van der Waals surface area contributed by atoms with Gasteiger partial charge in [0.1, 0.15) is 0 Å². The number of hydrogen-bond donors (Lipinski definition) is 1. The van der Waals surface area contributed by atoms with Crippen LogP contribution in [0.15, 0.2) is 23.0 Å². The number of benzene rings is 1. The Morgan fingerprint density at radius 2 is 2.26 bits per heavy atom. The molecular formula is C15H21N3O. The average molecular weight is 259 g/mol. The van der Waals surface area contributed by atoms with Crippen LogP contribution in [-0.2, 0) is 0 Å². The van der Waals surface area contributed by atoms with Crippen LogP contribution in [-0.4, -0.2) is 34.1 Å². The number of likely N-dealkylation sites (N-methyl/N-ethyl adjacent to an activating group) is 1. The van der Waals surface area contributed by atoms with Crippen LogP contribution < -0.4 is 5.69 Å². The van der Waals surface area contributed by atoms with Crippen molar-refractivity contribution in [3.05, 3.63) is 34.2 Å². The molecule has 2 heterocycles. The van der Waals surface area contributed by atoms with Crippen LogP contribution in [0.3, 0.4) is 0 Å². The van der Waals surface area contributed by atoms with Gasteiger partial charge in [-0.3, -0.25) is 4.57 Å². The normalized spacial score (nSPS) is 21.1. The lowest BCUT2D eigenvalue weighted by molar-refractivity contribution is 0.185. The molecule has 1 aromatic heterocycles. The van der Waals surface area contributed by atoms with E-state index in [1.165, 1.54) is 12.0 Å². The summed E-state index contributed by atoms with van der Waals surface area (Å²) in [7, 11) is 0. The lowest BCUT2D eigenvalue weighted by atomic mass is 10.1. The quantitative estimate of drug-likeness (QED) is 0.899. The SMILES string of the molecule is CCN1CCCC(n2c(=O)[nH]c3cc(C)ccc32)C1. The summed E-state index contributed by atoms with van der Waals surface area (Å²) in [5.41, 5.74) is 3.21. The van der Waals surface area contributed by atoms with Crippen LogP contribution in [0.2, 0.25) is 0 Å². The number of imidazole rings is 1. The molecule has 0 saturated carbocycles. The number of nitrogens with zero attached hydrogens (tertiary/aromatic N) is 2. The van der Waals surface area contributed by atoms with Crippen LogP contribution in [0.5, 0.6) is 0 Å².